The summed E-state index contributed by atoms with van der Waals surface area (Å²) in [6, 6.07) is 6.71. The van der Waals surface area contributed by atoms with E-state index < -0.39 is 17.5 Å². The Balaban J connectivity index is 2.69. The van der Waals surface area contributed by atoms with Crippen LogP contribution >= 0.6 is 11.6 Å². The van der Waals surface area contributed by atoms with E-state index in [1.807, 2.05) is 6.07 Å². The van der Waals surface area contributed by atoms with Crippen molar-refractivity contribution in [3.05, 3.63) is 34.9 Å². The first-order valence-electron chi connectivity index (χ1n) is 6.22. The highest BCUT2D eigenvalue weighted by molar-refractivity contribution is 6.30. The molecule has 6 heteroatoms. The molecule has 110 valence electrons. The summed E-state index contributed by atoms with van der Waals surface area (Å²) >= 11 is 5.86. The van der Waals surface area contributed by atoms with Crippen LogP contribution in [0.1, 0.15) is 26.3 Å². The van der Waals surface area contributed by atoms with Crippen molar-refractivity contribution in [2.75, 3.05) is 6.54 Å². The summed E-state index contributed by atoms with van der Waals surface area (Å²) in [5.74, 6) is -1.04. The maximum Gasteiger partial charge on any atom is 0.323 e. The minimum absolute atomic E-state index is 0.297. The second kappa shape index (κ2) is 6.61. The summed E-state index contributed by atoms with van der Waals surface area (Å²) in [5.41, 5.74) is 0.284. The van der Waals surface area contributed by atoms with Gasteiger partial charge in [-0.2, -0.15) is 0 Å². The van der Waals surface area contributed by atoms with Gasteiger partial charge in [0.1, 0.15) is 6.54 Å². The Kier molecular flexibility index (Phi) is 5.39. The molecule has 0 spiro atoms. The Labute approximate surface area is 123 Å². The zero-order valence-corrected chi connectivity index (χ0v) is 12.6. The second-order valence-electron chi connectivity index (χ2n) is 5.44. The zero-order valence-electron chi connectivity index (χ0n) is 11.8. The summed E-state index contributed by atoms with van der Waals surface area (Å²) in [6.07, 6.45) is 0. The van der Waals surface area contributed by atoms with Crippen molar-refractivity contribution in [2.45, 2.75) is 32.9 Å². The fraction of sp³-hybridized carbons (Fsp3) is 0.429. The highest BCUT2D eigenvalue weighted by Crippen LogP contribution is 2.14. The monoisotopic (exact) mass is 298 g/mol. The van der Waals surface area contributed by atoms with Crippen molar-refractivity contribution in [1.82, 2.24) is 10.2 Å². The summed E-state index contributed by atoms with van der Waals surface area (Å²) < 4.78 is 0. The van der Waals surface area contributed by atoms with Crippen molar-refractivity contribution < 1.29 is 14.7 Å². The molecule has 0 aromatic heterocycles. The molecule has 0 radical (unpaired) electrons. The van der Waals surface area contributed by atoms with Crippen LogP contribution in [0.5, 0.6) is 0 Å². The van der Waals surface area contributed by atoms with Gasteiger partial charge in [-0.1, -0.05) is 23.7 Å². The van der Waals surface area contributed by atoms with E-state index in [0.29, 0.717) is 11.6 Å². The lowest BCUT2D eigenvalue weighted by molar-refractivity contribution is -0.138. The molecule has 2 N–H and O–H groups in total. The number of halogens is 1. The molecule has 0 atom stereocenters. The van der Waals surface area contributed by atoms with Crippen LogP contribution in [-0.2, 0) is 11.3 Å². The number of amides is 2. The van der Waals surface area contributed by atoms with Crippen LogP contribution in [0.15, 0.2) is 24.3 Å². The number of carboxylic acid groups (broad SMARTS) is 1. The van der Waals surface area contributed by atoms with Gasteiger partial charge in [0.25, 0.3) is 0 Å². The number of carbonyl (C=O) groups is 2. The van der Waals surface area contributed by atoms with Crippen molar-refractivity contribution in [3.8, 4) is 0 Å². The molecule has 0 aliphatic heterocycles. The van der Waals surface area contributed by atoms with Gasteiger partial charge in [-0.05, 0) is 38.5 Å². The second-order valence-corrected chi connectivity index (χ2v) is 5.88. The fourth-order valence-corrected chi connectivity index (χ4v) is 1.88. The SMILES string of the molecule is CC(C)(C)N(CC(=O)O)C(=O)NCc1cccc(Cl)c1. The molecule has 1 rings (SSSR count). The number of nitrogens with zero attached hydrogens (tertiary/aromatic N) is 1. The molecular formula is C14H19ClN2O3. The van der Waals surface area contributed by atoms with E-state index in [-0.39, 0.29) is 6.54 Å². The van der Waals surface area contributed by atoms with Gasteiger partial charge < -0.3 is 15.3 Å². The van der Waals surface area contributed by atoms with Gasteiger partial charge in [-0.15, -0.1) is 0 Å². The molecule has 0 heterocycles. The molecule has 0 bridgehead atoms. The van der Waals surface area contributed by atoms with Gasteiger partial charge >= 0.3 is 12.0 Å². The molecule has 0 aliphatic rings. The molecule has 0 fully saturated rings. The average molecular weight is 299 g/mol. The van der Waals surface area contributed by atoms with E-state index in [0.717, 1.165) is 5.56 Å². The van der Waals surface area contributed by atoms with Crippen LogP contribution in [0.25, 0.3) is 0 Å². The van der Waals surface area contributed by atoms with Crippen molar-refractivity contribution in [2.24, 2.45) is 0 Å². The third-order valence-corrected chi connectivity index (χ3v) is 2.92. The lowest BCUT2D eigenvalue weighted by Gasteiger charge is -2.34. The quantitative estimate of drug-likeness (QED) is 0.898. The van der Waals surface area contributed by atoms with Gasteiger partial charge in [0, 0.05) is 17.1 Å². The Morgan fingerprint density at radius 3 is 2.50 bits per heavy atom. The first-order valence-corrected chi connectivity index (χ1v) is 6.59. The Bertz CT molecular complexity index is 497. The van der Waals surface area contributed by atoms with E-state index in [2.05, 4.69) is 5.32 Å². The van der Waals surface area contributed by atoms with Gasteiger partial charge in [-0.3, -0.25) is 4.79 Å². The number of benzene rings is 1. The maximum absolute atomic E-state index is 12.1. The number of nitrogens with one attached hydrogen (secondary N) is 1. The lowest BCUT2D eigenvalue weighted by atomic mass is 10.1. The van der Waals surface area contributed by atoms with Crippen molar-refractivity contribution >= 4 is 23.6 Å². The van der Waals surface area contributed by atoms with Gasteiger partial charge in [0.2, 0.25) is 0 Å². The zero-order chi connectivity index (χ0) is 15.3. The summed E-state index contributed by atoms with van der Waals surface area (Å²) in [7, 11) is 0. The summed E-state index contributed by atoms with van der Waals surface area (Å²) in [6.45, 7) is 5.31. The Morgan fingerprint density at radius 2 is 2.00 bits per heavy atom. The highest BCUT2D eigenvalue weighted by atomic mass is 35.5. The van der Waals surface area contributed by atoms with E-state index in [9.17, 15) is 9.59 Å². The van der Waals surface area contributed by atoms with Gasteiger partial charge in [0.15, 0.2) is 0 Å². The molecule has 1 aromatic carbocycles. The molecular weight excluding hydrogens is 280 g/mol. The van der Waals surface area contributed by atoms with E-state index >= 15 is 0 Å². The molecule has 2 amide bonds. The smallest absolute Gasteiger partial charge is 0.323 e. The molecule has 1 aromatic rings. The van der Waals surface area contributed by atoms with Crippen LogP contribution in [0.3, 0.4) is 0 Å². The van der Waals surface area contributed by atoms with Crippen LogP contribution < -0.4 is 5.32 Å². The number of hydrogen-bond donors (Lipinski definition) is 2. The minimum atomic E-state index is -1.04. The maximum atomic E-state index is 12.1. The average Bonchev–Trinajstić information content (AvgIpc) is 2.31. The fourth-order valence-electron chi connectivity index (χ4n) is 1.67. The third-order valence-electron chi connectivity index (χ3n) is 2.68. The van der Waals surface area contributed by atoms with Gasteiger partial charge in [0.05, 0.1) is 0 Å². The lowest BCUT2D eigenvalue weighted by Crippen LogP contribution is -2.52. The Hall–Kier alpha value is -1.75. The number of carboxylic acids is 1. The van der Waals surface area contributed by atoms with E-state index in [1.165, 1.54) is 4.90 Å². The Morgan fingerprint density at radius 1 is 1.35 bits per heavy atom. The number of aliphatic carboxylic acids is 1. The minimum Gasteiger partial charge on any atom is -0.480 e. The predicted octanol–water partition coefficient (Wildman–Crippen LogP) is 2.73. The van der Waals surface area contributed by atoms with Crippen LogP contribution in [-0.4, -0.2) is 34.1 Å². The van der Waals surface area contributed by atoms with Crippen LogP contribution in [0.4, 0.5) is 4.79 Å². The predicted molar refractivity (Wildman–Crippen MR) is 77.8 cm³/mol. The molecule has 0 saturated carbocycles. The summed E-state index contributed by atoms with van der Waals surface area (Å²) in [4.78, 5) is 24.2. The number of hydrogen-bond acceptors (Lipinski definition) is 2. The first-order chi connectivity index (χ1) is 9.20. The van der Waals surface area contributed by atoms with Crippen LogP contribution in [0, 0.1) is 0 Å². The normalized spacial score (nSPS) is 11.0. The standard InChI is InChI=1S/C14H19ClN2O3/c1-14(2,3)17(9-12(18)19)13(20)16-8-10-5-4-6-11(15)7-10/h4-7H,8-9H2,1-3H3,(H,16,20)(H,18,19). The molecule has 0 unspecified atom stereocenters. The number of carbonyl (C=O) groups excluding carboxylic acids is 1. The van der Waals surface area contributed by atoms with Gasteiger partial charge in [-0.25, -0.2) is 4.79 Å². The molecule has 0 aliphatic carbocycles. The largest absolute Gasteiger partial charge is 0.480 e. The molecule has 0 saturated heterocycles. The van der Waals surface area contributed by atoms with E-state index in [4.69, 9.17) is 16.7 Å². The third kappa shape index (κ3) is 5.09. The number of rotatable bonds is 4. The number of urea groups is 1. The van der Waals surface area contributed by atoms with Crippen molar-refractivity contribution in [3.63, 3.8) is 0 Å². The molecule has 20 heavy (non-hydrogen) atoms. The van der Waals surface area contributed by atoms with E-state index in [1.54, 1.807) is 39.0 Å². The summed E-state index contributed by atoms with van der Waals surface area (Å²) in [5, 5.41) is 12.2. The topological polar surface area (TPSA) is 69.6 Å². The molecule has 5 nitrogen and oxygen atoms in total. The highest BCUT2D eigenvalue weighted by Gasteiger charge is 2.28. The first kappa shape index (κ1) is 16.3. The van der Waals surface area contributed by atoms with Crippen LogP contribution in [0.2, 0.25) is 5.02 Å². The van der Waals surface area contributed by atoms with Crippen molar-refractivity contribution in [1.29, 1.82) is 0 Å².